The summed E-state index contributed by atoms with van der Waals surface area (Å²) >= 11 is 0. The van der Waals surface area contributed by atoms with E-state index in [1.54, 1.807) is 24.3 Å². The minimum Gasteiger partial charge on any atom is -0.494 e. The molecular weight excluding hydrogens is 407 g/mol. The third-order valence-electron chi connectivity index (χ3n) is 4.97. The molecule has 0 aliphatic rings. The Kier molecular flexibility index (Phi) is 7.41. The van der Waals surface area contributed by atoms with Crippen molar-refractivity contribution in [3.05, 3.63) is 95.3 Å². The van der Waals surface area contributed by atoms with Gasteiger partial charge in [0, 0.05) is 17.5 Å². The zero-order valence-corrected chi connectivity index (χ0v) is 18.6. The van der Waals surface area contributed by atoms with Gasteiger partial charge in [-0.25, -0.2) is 4.39 Å². The highest BCUT2D eigenvalue weighted by atomic mass is 19.1. The van der Waals surface area contributed by atoms with Gasteiger partial charge in [-0.15, -0.1) is 0 Å². The van der Waals surface area contributed by atoms with Gasteiger partial charge in [-0.2, -0.15) is 0 Å². The third-order valence-corrected chi connectivity index (χ3v) is 4.97. The summed E-state index contributed by atoms with van der Waals surface area (Å²) in [6, 6.07) is 19.6. The Labute approximate surface area is 188 Å². The van der Waals surface area contributed by atoms with Crippen molar-refractivity contribution >= 4 is 11.8 Å². The van der Waals surface area contributed by atoms with Crippen LogP contribution in [0.5, 0.6) is 11.5 Å². The highest BCUT2D eigenvalue weighted by Gasteiger charge is 2.13. The van der Waals surface area contributed by atoms with Gasteiger partial charge in [0.1, 0.15) is 17.3 Å². The fraction of sp³-hybridized carbons (Fsp3) is 0.259. The summed E-state index contributed by atoms with van der Waals surface area (Å²) in [4.78, 5) is 24.5. The van der Waals surface area contributed by atoms with Crippen LogP contribution >= 0.6 is 0 Å². The first-order chi connectivity index (χ1) is 15.2. The van der Waals surface area contributed by atoms with Crippen molar-refractivity contribution in [2.45, 2.75) is 39.0 Å². The zero-order chi connectivity index (χ0) is 23.1. The predicted octanol–water partition coefficient (Wildman–Crippen LogP) is 6.12. The van der Waals surface area contributed by atoms with E-state index in [0.717, 1.165) is 5.75 Å². The molecule has 0 atom stereocenters. The standard InChI is InChI=1S/C27H27FO4/c1-27(2,3)21-10-16-23(17-11-21)31-18-4-5-25(29)32-24-14-8-20(9-15-24)26(30)19-6-12-22(28)13-7-19/h6-17H,4-5,18H2,1-3H3. The Morgan fingerprint density at radius 2 is 1.31 bits per heavy atom. The van der Waals surface area contributed by atoms with E-state index < -0.39 is 5.82 Å². The second kappa shape index (κ2) is 10.2. The molecule has 0 aromatic heterocycles. The Balaban J connectivity index is 1.43. The number of hydrogen-bond donors (Lipinski definition) is 0. The van der Waals surface area contributed by atoms with E-state index in [-0.39, 0.29) is 23.6 Å². The summed E-state index contributed by atoms with van der Waals surface area (Å²) in [5.41, 5.74) is 2.15. The second-order valence-corrected chi connectivity index (χ2v) is 8.56. The van der Waals surface area contributed by atoms with E-state index in [1.807, 2.05) is 24.3 Å². The average Bonchev–Trinajstić information content (AvgIpc) is 2.77. The van der Waals surface area contributed by atoms with Gasteiger partial charge in [0.05, 0.1) is 6.61 Å². The summed E-state index contributed by atoms with van der Waals surface area (Å²) in [7, 11) is 0. The highest BCUT2D eigenvalue weighted by molar-refractivity contribution is 6.09. The SMILES string of the molecule is CC(C)(C)c1ccc(OCCCC(=O)Oc2ccc(C(=O)c3ccc(F)cc3)cc2)cc1. The molecule has 0 N–H and O–H groups in total. The Hall–Kier alpha value is -3.47. The quantitative estimate of drug-likeness (QED) is 0.186. The molecule has 0 aliphatic carbocycles. The van der Waals surface area contributed by atoms with Crippen molar-refractivity contribution in [1.29, 1.82) is 0 Å². The first-order valence-electron chi connectivity index (χ1n) is 10.6. The topological polar surface area (TPSA) is 52.6 Å². The lowest BCUT2D eigenvalue weighted by molar-refractivity contribution is -0.134. The molecule has 3 aromatic carbocycles. The van der Waals surface area contributed by atoms with Gasteiger partial charge in [0.2, 0.25) is 0 Å². The number of halogens is 1. The summed E-state index contributed by atoms with van der Waals surface area (Å²) in [5, 5.41) is 0. The van der Waals surface area contributed by atoms with Crippen LogP contribution in [0.15, 0.2) is 72.8 Å². The molecule has 0 aliphatic heterocycles. The molecule has 0 fully saturated rings. The first kappa shape index (κ1) is 23.2. The van der Waals surface area contributed by atoms with E-state index in [1.165, 1.54) is 29.8 Å². The fourth-order valence-corrected chi connectivity index (χ4v) is 3.08. The van der Waals surface area contributed by atoms with Crippen molar-refractivity contribution in [2.75, 3.05) is 6.61 Å². The molecule has 3 aromatic rings. The van der Waals surface area contributed by atoms with Crippen LogP contribution in [0.25, 0.3) is 0 Å². The third kappa shape index (κ3) is 6.51. The van der Waals surface area contributed by atoms with Gasteiger partial charge in [-0.05, 0) is 78.1 Å². The average molecular weight is 435 g/mol. The normalized spacial score (nSPS) is 11.1. The molecule has 0 unspecified atom stereocenters. The molecule has 4 nitrogen and oxygen atoms in total. The van der Waals surface area contributed by atoms with Crippen LogP contribution < -0.4 is 9.47 Å². The molecule has 0 saturated heterocycles. The van der Waals surface area contributed by atoms with Crippen LogP contribution in [0.2, 0.25) is 0 Å². The first-order valence-corrected chi connectivity index (χ1v) is 10.6. The van der Waals surface area contributed by atoms with Crippen LogP contribution in [0.1, 0.15) is 55.1 Å². The van der Waals surface area contributed by atoms with Crippen LogP contribution in [0.4, 0.5) is 4.39 Å². The van der Waals surface area contributed by atoms with Gasteiger partial charge in [0.25, 0.3) is 0 Å². The van der Waals surface area contributed by atoms with E-state index in [9.17, 15) is 14.0 Å². The number of hydrogen-bond acceptors (Lipinski definition) is 4. The van der Waals surface area contributed by atoms with Crippen molar-refractivity contribution in [2.24, 2.45) is 0 Å². The maximum absolute atomic E-state index is 13.0. The fourth-order valence-electron chi connectivity index (χ4n) is 3.08. The van der Waals surface area contributed by atoms with Crippen molar-refractivity contribution in [1.82, 2.24) is 0 Å². The molecule has 3 rings (SSSR count). The summed E-state index contributed by atoms with van der Waals surface area (Å²) in [6.07, 6.45) is 0.747. The number of carbonyl (C=O) groups is 2. The lowest BCUT2D eigenvalue weighted by Gasteiger charge is -2.19. The summed E-state index contributed by atoms with van der Waals surface area (Å²) < 4.78 is 24.0. The van der Waals surface area contributed by atoms with E-state index in [0.29, 0.717) is 29.9 Å². The maximum Gasteiger partial charge on any atom is 0.311 e. The molecule has 0 bridgehead atoms. The van der Waals surface area contributed by atoms with Gasteiger partial charge in [-0.1, -0.05) is 32.9 Å². The molecule has 0 radical (unpaired) electrons. The number of carbonyl (C=O) groups excluding carboxylic acids is 2. The van der Waals surface area contributed by atoms with Crippen molar-refractivity contribution in [3.63, 3.8) is 0 Å². The Morgan fingerprint density at radius 1 is 0.781 bits per heavy atom. The minimum atomic E-state index is -0.396. The van der Waals surface area contributed by atoms with E-state index in [4.69, 9.17) is 9.47 Å². The monoisotopic (exact) mass is 434 g/mol. The van der Waals surface area contributed by atoms with Gasteiger partial charge >= 0.3 is 5.97 Å². The number of ketones is 1. The number of ether oxygens (including phenoxy) is 2. The number of esters is 1. The Morgan fingerprint density at radius 3 is 1.88 bits per heavy atom. The largest absolute Gasteiger partial charge is 0.494 e. The van der Waals surface area contributed by atoms with Crippen LogP contribution in [0, 0.1) is 5.82 Å². The smallest absolute Gasteiger partial charge is 0.311 e. The van der Waals surface area contributed by atoms with Crippen LogP contribution in [-0.2, 0) is 10.2 Å². The van der Waals surface area contributed by atoms with Crippen LogP contribution in [0.3, 0.4) is 0 Å². The molecule has 0 spiro atoms. The summed E-state index contributed by atoms with van der Waals surface area (Å²) in [6.45, 7) is 6.89. The van der Waals surface area contributed by atoms with Crippen molar-refractivity contribution in [3.8, 4) is 11.5 Å². The van der Waals surface area contributed by atoms with Crippen molar-refractivity contribution < 1.29 is 23.5 Å². The Bertz CT molecular complexity index is 1050. The van der Waals surface area contributed by atoms with Crippen LogP contribution in [-0.4, -0.2) is 18.4 Å². The van der Waals surface area contributed by atoms with E-state index in [2.05, 4.69) is 20.8 Å². The van der Waals surface area contributed by atoms with Gasteiger partial charge in [0.15, 0.2) is 5.78 Å². The number of benzene rings is 3. The zero-order valence-electron chi connectivity index (χ0n) is 18.6. The highest BCUT2D eigenvalue weighted by Crippen LogP contribution is 2.24. The molecule has 0 heterocycles. The van der Waals surface area contributed by atoms with E-state index >= 15 is 0 Å². The predicted molar refractivity (Wildman–Crippen MR) is 122 cm³/mol. The maximum atomic E-state index is 13.0. The molecule has 0 saturated carbocycles. The molecular formula is C27H27FO4. The number of rotatable bonds is 8. The lowest BCUT2D eigenvalue weighted by Crippen LogP contribution is -2.11. The summed E-state index contributed by atoms with van der Waals surface area (Å²) in [5.74, 6) is 0.148. The molecule has 32 heavy (non-hydrogen) atoms. The second-order valence-electron chi connectivity index (χ2n) is 8.56. The molecule has 0 amide bonds. The minimum absolute atomic E-state index is 0.0920. The van der Waals surface area contributed by atoms with Gasteiger partial charge < -0.3 is 9.47 Å². The molecule has 166 valence electrons. The molecule has 5 heteroatoms. The van der Waals surface area contributed by atoms with Gasteiger partial charge in [-0.3, -0.25) is 9.59 Å². The lowest BCUT2D eigenvalue weighted by atomic mass is 9.87.